The molecule has 0 radical (unpaired) electrons. The maximum Gasteiger partial charge on any atom is 0.332 e. The van der Waals surface area contributed by atoms with Gasteiger partial charge in [0.05, 0.1) is 6.42 Å². The van der Waals surface area contributed by atoms with Crippen LogP contribution in [0.4, 0.5) is 0 Å². The van der Waals surface area contributed by atoms with Gasteiger partial charge in [-0.3, -0.25) is 4.79 Å². The van der Waals surface area contributed by atoms with Crippen LogP contribution in [-0.2, 0) is 16.0 Å². The van der Waals surface area contributed by atoms with E-state index < -0.39 is 12.1 Å². The van der Waals surface area contributed by atoms with Crippen LogP contribution in [0.25, 0.3) is 0 Å². The van der Waals surface area contributed by atoms with Crippen LogP contribution >= 0.6 is 11.6 Å². The molecule has 6 heteroatoms. The van der Waals surface area contributed by atoms with Crippen molar-refractivity contribution in [1.29, 1.82) is 0 Å². The topological polar surface area (TPSA) is 86.6 Å². The van der Waals surface area contributed by atoms with Crippen molar-refractivity contribution in [1.82, 2.24) is 5.32 Å². The van der Waals surface area contributed by atoms with Gasteiger partial charge in [0.15, 0.2) is 6.10 Å². The third kappa shape index (κ3) is 5.16. The van der Waals surface area contributed by atoms with E-state index in [0.29, 0.717) is 5.02 Å². The highest BCUT2D eigenvalue weighted by Crippen LogP contribution is 2.09. The van der Waals surface area contributed by atoms with Crippen LogP contribution in [0.3, 0.4) is 0 Å². The zero-order valence-corrected chi connectivity index (χ0v) is 10.4. The Morgan fingerprint density at radius 3 is 2.44 bits per heavy atom. The Morgan fingerprint density at radius 1 is 1.28 bits per heavy atom. The average Bonchev–Trinajstić information content (AvgIpc) is 2.32. The lowest BCUT2D eigenvalue weighted by Gasteiger charge is -2.07. The molecular formula is C12H14ClNO4. The van der Waals surface area contributed by atoms with Gasteiger partial charge >= 0.3 is 5.97 Å². The van der Waals surface area contributed by atoms with E-state index in [-0.39, 0.29) is 25.3 Å². The molecule has 18 heavy (non-hydrogen) atoms. The van der Waals surface area contributed by atoms with Gasteiger partial charge in [0.25, 0.3) is 0 Å². The van der Waals surface area contributed by atoms with Gasteiger partial charge in [-0.2, -0.15) is 0 Å². The molecule has 0 spiro atoms. The van der Waals surface area contributed by atoms with E-state index >= 15 is 0 Å². The van der Waals surface area contributed by atoms with Crippen molar-refractivity contribution in [3.05, 3.63) is 34.9 Å². The number of halogens is 1. The Hall–Kier alpha value is -1.59. The van der Waals surface area contributed by atoms with Gasteiger partial charge in [0.1, 0.15) is 0 Å². The first-order valence-corrected chi connectivity index (χ1v) is 5.79. The Morgan fingerprint density at radius 2 is 1.89 bits per heavy atom. The van der Waals surface area contributed by atoms with Crippen LogP contribution in [-0.4, -0.2) is 34.7 Å². The van der Waals surface area contributed by atoms with Crippen molar-refractivity contribution in [2.75, 3.05) is 6.54 Å². The lowest BCUT2D eigenvalue weighted by atomic mass is 10.1. The number of hydrogen-bond donors (Lipinski definition) is 3. The predicted molar refractivity (Wildman–Crippen MR) is 66.4 cm³/mol. The number of carboxylic acid groups (broad SMARTS) is 1. The zero-order valence-electron chi connectivity index (χ0n) is 9.60. The van der Waals surface area contributed by atoms with E-state index in [9.17, 15) is 9.59 Å². The number of carbonyl (C=O) groups excluding carboxylic acids is 1. The van der Waals surface area contributed by atoms with Crippen LogP contribution in [0.5, 0.6) is 0 Å². The number of aliphatic hydroxyl groups excluding tert-OH is 1. The number of aliphatic carboxylic acids is 1. The molecule has 0 aliphatic carbocycles. The summed E-state index contributed by atoms with van der Waals surface area (Å²) in [7, 11) is 0. The molecule has 1 rings (SSSR count). The lowest BCUT2D eigenvalue weighted by molar-refractivity contribution is -0.147. The van der Waals surface area contributed by atoms with Crippen molar-refractivity contribution in [3.63, 3.8) is 0 Å². The smallest absolute Gasteiger partial charge is 0.332 e. The first-order chi connectivity index (χ1) is 8.49. The normalized spacial score (nSPS) is 11.9. The number of carboxylic acids is 1. The summed E-state index contributed by atoms with van der Waals surface area (Å²) in [6.07, 6.45) is -1.26. The number of nitrogens with one attached hydrogen (secondary N) is 1. The van der Waals surface area contributed by atoms with E-state index in [0.717, 1.165) is 5.56 Å². The summed E-state index contributed by atoms with van der Waals surface area (Å²) < 4.78 is 0. The molecule has 1 aromatic carbocycles. The van der Waals surface area contributed by atoms with Gasteiger partial charge in [0.2, 0.25) is 5.91 Å². The first kappa shape index (κ1) is 14.5. The second kappa shape index (κ2) is 6.98. The summed E-state index contributed by atoms with van der Waals surface area (Å²) in [6, 6.07) is 6.87. The molecule has 0 saturated carbocycles. The fraction of sp³-hybridized carbons (Fsp3) is 0.333. The summed E-state index contributed by atoms with van der Waals surface area (Å²) >= 11 is 5.71. The van der Waals surface area contributed by atoms with E-state index in [1.807, 2.05) is 0 Å². The van der Waals surface area contributed by atoms with Crippen LogP contribution in [0.2, 0.25) is 5.02 Å². The van der Waals surface area contributed by atoms with Gasteiger partial charge in [-0.15, -0.1) is 0 Å². The monoisotopic (exact) mass is 271 g/mol. The Kier molecular flexibility index (Phi) is 5.61. The quantitative estimate of drug-likeness (QED) is 0.715. The SMILES string of the molecule is O=C(Cc1ccc(Cl)cc1)NCCC(O)C(=O)O. The number of benzene rings is 1. The molecule has 0 fully saturated rings. The summed E-state index contributed by atoms with van der Waals surface area (Å²) in [6.45, 7) is 0.125. The number of carbonyl (C=O) groups is 2. The molecule has 3 N–H and O–H groups in total. The highest BCUT2D eigenvalue weighted by molar-refractivity contribution is 6.30. The van der Waals surface area contributed by atoms with Gasteiger partial charge in [0, 0.05) is 18.0 Å². The number of rotatable bonds is 6. The fourth-order valence-corrected chi connectivity index (χ4v) is 1.45. The number of hydrogen-bond acceptors (Lipinski definition) is 3. The second-order valence-electron chi connectivity index (χ2n) is 3.80. The second-order valence-corrected chi connectivity index (χ2v) is 4.23. The largest absolute Gasteiger partial charge is 0.479 e. The Balaban J connectivity index is 2.30. The Labute approximate surface area is 109 Å². The van der Waals surface area contributed by atoms with Crippen LogP contribution in [0.15, 0.2) is 24.3 Å². The summed E-state index contributed by atoms with van der Waals surface area (Å²) in [5, 5.41) is 20.6. The summed E-state index contributed by atoms with van der Waals surface area (Å²) in [4.78, 5) is 21.8. The molecule has 1 aromatic rings. The van der Waals surface area contributed by atoms with E-state index in [4.69, 9.17) is 21.8 Å². The molecule has 0 heterocycles. The van der Waals surface area contributed by atoms with Crippen molar-refractivity contribution in [2.45, 2.75) is 18.9 Å². The van der Waals surface area contributed by atoms with E-state index in [1.54, 1.807) is 24.3 Å². The minimum absolute atomic E-state index is 0.0122. The highest BCUT2D eigenvalue weighted by atomic mass is 35.5. The summed E-state index contributed by atoms with van der Waals surface area (Å²) in [5.41, 5.74) is 0.815. The maximum absolute atomic E-state index is 11.5. The highest BCUT2D eigenvalue weighted by Gasteiger charge is 2.12. The van der Waals surface area contributed by atoms with Gasteiger partial charge in [-0.1, -0.05) is 23.7 Å². The molecule has 0 saturated heterocycles. The minimum atomic E-state index is -1.44. The third-order valence-electron chi connectivity index (χ3n) is 2.30. The lowest BCUT2D eigenvalue weighted by Crippen LogP contribution is -2.30. The maximum atomic E-state index is 11.5. The first-order valence-electron chi connectivity index (χ1n) is 5.41. The molecular weight excluding hydrogens is 258 g/mol. The molecule has 5 nitrogen and oxygen atoms in total. The predicted octanol–water partition coefficient (Wildman–Crippen LogP) is 0.834. The van der Waals surface area contributed by atoms with Crippen molar-refractivity contribution < 1.29 is 19.8 Å². The van der Waals surface area contributed by atoms with Crippen LogP contribution in [0.1, 0.15) is 12.0 Å². The van der Waals surface area contributed by atoms with Gasteiger partial charge in [-0.05, 0) is 17.7 Å². The van der Waals surface area contributed by atoms with Gasteiger partial charge in [-0.25, -0.2) is 4.79 Å². The molecule has 0 aliphatic rings. The third-order valence-corrected chi connectivity index (χ3v) is 2.55. The zero-order chi connectivity index (χ0) is 13.5. The Bertz CT molecular complexity index is 419. The van der Waals surface area contributed by atoms with Crippen LogP contribution < -0.4 is 5.32 Å². The molecule has 0 aliphatic heterocycles. The van der Waals surface area contributed by atoms with E-state index in [2.05, 4.69) is 5.32 Å². The summed E-state index contributed by atoms with van der Waals surface area (Å²) in [5.74, 6) is -1.52. The standard InChI is InChI=1S/C12H14ClNO4/c13-9-3-1-8(2-4-9)7-11(16)14-6-5-10(15)12(17)18/h1-4,10,15H,5-7H2,(H,14,16)(H,17,18). The van der Waals surface area contributed by atoms with Crippen molar-refractivity contribution in [2.24, 2.45) is 0 Å². The molecule has 1 atom stereocenters. The van der Waals surface area contributed by atoms with Crippen LogP contribution in [0, 0.1) is 0 Å². The minimum Gasteiger partial charge on any atom is -0.479 e. The van der Waals surface area contributed by atoms with Crippen molar-refractivity contribution in [3.8, 4) is 0 Å². The number of amides is 1. The van der Waals surface area contributed by atoms with Gasteiger partial charge < -0.3 is 15.5 Å². The van der Waals surface area contributed by atoms with E-state index in [1.165, 1.54) is 0 Å². The molecule has 1 amide bonds. The van der Waals surface area contributed by atoms with Crippen molar-refractivity contribution >= 4 is 23.5 Å². The fourth-order valence-electron chi connectivity index (χ4n) is 1.32. The molecule has 0 aromatic heterocycles. The molecule has 1 unspecified atom stereocenters. The number of aliphatic hydroxyl groups is 1. The average molecular weight is 272 g/mol. The molecule has 0 bridgehead atoms. The molecule has 98 valence electrons.